The number of hydrogen-bond acceptors (Lipinski definition) is 2. The van der Waals surface area contributed by atoms with Crippen LogP contribution in [-0.4, -0.2) is 25.5 Å². The van der Waals surface area contributed by atoms with E-state index in [-0.39, 0.29) is 17.2 Å². The number of nitrogens with one attached hydrogen (secondary N) is 2. The van der Waals surface area contributed by atoms with Gasteiger partial charge < -0.3 is 10.6 Å². The van der Waals surface area contributed by atoms with Gasteiger partial charge in [-0.2, -0.15) is 0 Å². The van der Waals surface area contributed by atoms with E-state index in [9.17, 15) is 4.79 Å². The molecule has 108 valence electrons. The number of halogens is 1. The largest absolute Gasteiger partial charge is 0.355 e. The van der Waals surface area contributed by atoms with Gasteiger partial charge in [0.1, 0.15) is 0 Å². The number of rotatable bonds is 4. The Bertz CT molecular complexity index is 476. The predicted octanol–water partition coefficient (Wildman–Crippen LogP) is 2.60. The molecule has 3 nitrogen and oxygen atoms in total. The zero-order valence-electron chi connectivity index (χ0n) is 11.6. The molecule has 2 N–H and O–H groups in total. The third-order valence-corrected chi connectivity index (χ3v) is 5.30. The van der Waals surface area contributed by atoms with Crippen LogP contribution in [0.15, 0.2) is 28.7 Å². The number of benzene rings is 1. The lowest BCUT2D eigenvalue weighted by atomic mass is 9.78. The standard InChI is InChI=1S/C16H21BrN2O/c17-14-5-3-13(4-6-14)16(7-1-2-8-16)11-19-15(20)12-9-18-10-12/h3-6,12,18H,1-2,7-11H2,(H,19,20). The lowest BCUT2D eigenvalue weighted by Gasteiger charge is -2.32. The second kappa shape index (κ2) is 5.86. The van der Waals surface area contributed by atoms with Gasteiger partial charge in [0.25, 0.3) is 0 Å². The zero-order valence-corrected chi connectivity index (χ0v) is 13.2. The van der Waals surface area contributed by atoms with Gasteiger partial charge in [0.15, 0.2) is 0 Å². The molecule has 0 radical (unpaired) electrons. The maximum Gasteiger partial charge on any atom is 0.225 e. The number of amides is 1. The highest BCUT2D eigenvalue weighted by Crippen LogP contribution is 2.41. The normalized spacial score (nSPS) is 21.4. The van der Waals surface area contributed by atoms with Gasteiger partial charge in [-0.15, -0.1) is 0 Å². The number of carbonyl (C=O) groups excluding carboxylic acids is 1. The van der Waals surface area contributed by atoms with E-state index in [1.165, 1.54) is 31.2 Å². The summed E-state index contributed by atoms with van der Waals surface area (Å²) in [6.45, 7) is 2.44. The molecule has 1 aliphatic carbocycles. The summed E-state index contributed by atoms with van der Waals surface area (Å²) in [4.78, 5) is 12.1. The number of hydrogen-bond donors (Lipinski definition) is 2. The summed E-state index contributed by atoms with van der Waals surface area (Å²) in [6, 6.07) is 8.61. The Morgan fingerprint density at radius 2 is 1.90 bits per heavy atom. The average molecular weight is 337 g/mol. The highest BCUT2D eigenvalue weighted by Gasteiger charge is 2.36. The topological polar surface area (TPSA) is 41.1 Å². The second-order valence-electron chi connectivity index (χ2n) is 6.07. The van der Waals surface area contributed by atoms with Gasteiger partial charge in [-0.3, -0.25) is 4.79 Å². The SMILES string of the molecule is O=C(NCC1(c2ccc(Br)cc2)CCCC1)C1CNC1. The lowest BCUT2D eigenvalue weighted by molar-refractivity contribution is -0.126. The Morgan fingerprint density at radius 1 is 1.25 bits per heavy atom. The van der Waals surface area contributed by atoms with Crippen molar-refractivity contribution in [3.8, 4) is 0 Å². The third kappa shape index (κ3) is 2.77. The molecular weight excluding hydrogens is 316 g/mol. The van der Waals surface area contributed by atoms with E-state index in [1.807, 2.05) is 0 Å². The molecule has 1 saturated heterocycles. The van der Waals surface area contributed by atoms with Crippen LogP contribution >= 0.6 is 15.9 Å². The Morgan fingerprint density at radius 3 is 2.45 bits per heavy atom. The molecule has 0 spiro atoms. The van der Waals surface area contributed by atoms with Crippen LogP contribution in [0, 0.1) is 5.92 Å². The van der Waals surface area contributed by atoms with Crippen molar-refractivity contribution < 1.29 is 4.79 Å². The molecule has 1 aliphatic heterocycles. The van der Waals surface area contributed by atoms with Crippen molar-refractivity contribution in [3.05, 3.63) is 34.3 Å². The van der Waals surface area contributed by atoms with Crippen LogP contribution in [0.1, 0.15) is 31.2 Å². The summed E-state index contributed by atoms with van der Waals surface area (Å²) in [5, 5.41) is 6.34. The summed E-state index contributed by atoms with van der Waals surface area (Å²) < 4.78 is 1.11. The Kier molecular flexibility index (Phi) is 4.13. The van der Waals surface area contributed by atoms with Crippen molar-refractivity contribution >= 4 is 21.8 Å². The summed E-state index contributed by atoms with van der Waals surface area (Å²) in [7, 11) is 0. The monoisotopic (exact) mass is 336 g/mol. The Balaban J connectivity index is 1.70. The minimum Gasteiger partial charge on any atom is -0.355 e. The van der Waals surface area contributed by atoms with Crippen molar-refractivity contribution in [1.29, 1.82) is 0 Å². The highest BCUT2D eigenvalue weighted by atomic mass is 79.9. The summed E-state index contributed by atoms with van der Waals surface area (Å²) in [5.41, 5.74) is 1.51. The van der Waals surface area contributed by atoms with Crippen molar-refractivity contribution in [2.75, 3.05) is 19.6 Å². The van der Waals surface area contributed by atoms with E-state index in [4.69, 9.17) is 0 Å². The molecule has 4 heteroatoms. The Labute approximate surface area is 128 Å². The molecule has 0 unspecified atom stereocenters. The van der Waals surface area contributed by atoms with Crippen LogP contribution < -0.4 is 10.6 Å². The molecule has 1 amide bonds. The predicted molar refractivity (Wildman–Crippen MR) is 83.7 cm³/mol. The first-order chi connectivity index (χ1) is 9.70. The quantitative estimate of drug-likeness (QED) is 0.887. The maximum absolute atomic E-state index is 12.1. The molecule has 20 heavy (non-hydrogen) atoms. The van der Waals surface area contributed by atoms with E-state index in [0.717, 1.165) is 24.1 Å². The fraction of sp³-hybridized carbons (Fsp3) is 0.562. The molecule has 1 aromatic carbocycles. The smallest absolute Gasteiger partial charge is 0.225 e. The van der Waals surface area contributed by atoms with E-state index in [2.05, 4.69) is 50.8 Å². The molecule has 2 aliphatic rings. The van der Waals surface area contributed by atoms with Crippen molar-refractivity contribution in [2.45, 2.75) is 31.1 Å². The second-order valence-corrected chi connectivity index (χ2v) is 6.98. The summed E-state index contributed by atoms with van der Waals surface area (Å²) in [5.74, 6) is 0.394. The summed E-state index contributed by atoms with van der Waals surface area (Å²) >= 11 is 3.49. The molecule has 1 saturated carbocycles. The highest BCUT2D eigenvalue weighted by molar-refractivity contribution is 9.10. The lowest BCUT2D eigenvalue weighted by Crippen LogP contribution is -2.52. The first-order valence-electron chi connectivity index (χ1n) is 7.44. The average Bonchev–Trinajstić information content (AvgIpc) is 2.85. The third-order valence-electron chi connectivity index (χ3n) is 4.77. The molecular formula is C16H21BrN2O. The van der Waals surface area contributed by atoms with Crippen molar-refractivity contribution in [1.82, 2.24) is 10.6 Å². The van der Waals surface area contributed by atoms with Gasteiger partial charge in [-0.25, -0.2) is 0 Å². The molecule has 0 bridgehead atoms. The van der Waals surface area contributed by atoms with Gasteiger partial charge in [0.05, 0.1) is 5.92 Å². The van der Waals surface area contributed by atoms with E-state index < -0.39 is 0 Å². The Hall–Kier alpha value is -0.870. The molecule has 1 heterocycles. The zero-order chi connectivity index (χ0) is 14.0. The molecule has 3 rings (SSSR count). The molecule has 1 aromatic rings. The van der Waals surface area contributed by atoms with Crippen molar-refractivity contribution in [3.63, 3.8) is 0 Å². The van der Waals surface area contributed by atoms with E-state index in [0.29, 0.717) is 0 Å². The van der Waals surface area contributed by atoms with Gasteiger partial charge in [-0.1, -0.05) is 40.9 Å². The van der Waals surface area contributed by atoms with E-state index >= 15 is 0 Å². The minimum absolute atomic E-state index is 0.146. The summed E-state index contributed by atoms with van der Waals surface area (Å²) in [6.07, 6.45) is 4.88. The van der Waals surface area contributed by atoms with Crippen LogP contribution in [-0.2, 0) is 10.2 Å². The minimum atomic E-state index is 0.146. The fourth-order valence-corrected chi connectivity index (χ4v) is 3.56. The van der Waals surface area contributed by atoms with Gasteiger partial charge in [-0.05, 0) is 30.5 Å². The van der Waals surface area contributed by atoms with Crippen LogP contribution in [0.5, 0.6) is 0 Å². The van der Waals surface area contributed by atoms with Crippen molar-refractivity contribution in [2.24, 2.45) is 5.92 Å². The van der Waals surface area contributed by atoms with Crippen LogP contribution in [0.4, 0.5) is 0 Å². The maximum atomic E-state index is 12.1. The molecule has 0 aromatic heterocycles. The first-order valence-corrected chi connectivity index (χ1v) is 8.23. The molecule has 2 fully saturated rings. The van der Waals surface area contributed by atoms with Gasteiger partial charge in [0, 0.05) is 29.5 Å². The number of carbonyl (C=O) groups is 1. The van der Waals surface area contributed by atoms with Crippen LogP contribution in [0.25, 0.3) is 0 Å². The van der Waals surface area contributed by atoms with Gasteiger partial charge in [0.2, 0.25) is 5.91 Å². The first kappa shape index (κ1) is 14.1. The molecule has 0 atom stereocenters. The van der Waals surface area contributed by atoms with Crippen LogP contribution in [0.3, 0.4) is 0 Å². The fourth-order valence-electron chi connectivity index (χ4n) is 3.30. The van der Waals surface area contributed by atoms with Crippen LogP contribution in [0.2, 0.25) is 0 Å². The van der Waals surface area contributed by atoms with Gasteiger partial charge >= 0.3 is 0 Å². The van der Waals surface area contributed by atoms with E-state index in [1.54, 1.807) is 0 Å².